The van der Waals surface area contributed by atoms with E-state index in [1.165, 1.54) is 32.1 Å². The Kier molecular flexibility index (Phi) is 5.21. The summed E-state index contributed by atoms with van der Waals surface area (Å²) in [4.78, 5) is 0. The summed E-state index contributed by atoms with van der Waals surface area (Å²) in [6, 6.07) is 0.489. The highest BCUT2D eigenvalue weighted by atomic mass is 35.7. The predicted octanol–water partition coefficient (Wildman–Crippen LogP) is 3.41. The highest BCUT2D eigenvalue weighted by Crippen LogP contribution is 2.49. The molecule has 0 aromatic heterocycles. The van der Waals surface area contributed by atoms with E-state index >= 15 is 0 Å². The van der Waals surface area contributed by atoms with Crippen LogP contribution in [0.15, 0.2) is 0 Å². The van der Waals surface area contributed by atoms with Crippen molar-refractivity contribution in [3.63, 3.8) is 0 Å². The molecule has 0 aliphatic heterocycles. The van der Waals surface area contributed by atoms with Gasteiger partial charge in [-0.25, -0.2) is 0 Å². The molecule has 0 saturated heterocycles. The first kappa shape index (κ1) is 11.9. The summed E-state index contributed by atoms with van der Waals surface area (Å²) in [5, 5.41) is 3.27. The number of hydrogen-bond acceptors (Lipinski definition) is 2. The quantitative estimate of drug-likeness (QED) is 0.763. The lowest BCUT2D eigenvalue weighted by Gasteiger charge is -2.26. The second-order valence-electron chi connectivity index (χ2n) is 3.36. The molecule has 2 nitrogen and oxygen atoms in total. The Balaban J connectivity index is 2.32. The fraction of sp³-hybridized carbons (Fsp3) is 1.00. The van der Waals surface area contributed by atoms with Crippen molar-refractivity contribution in [2.45, 2.75) is 45.1 Å². The van der Waals surface area contributed by atoms with Crippen LogP contribution in [0.25, 0.3) is 0 Å². The van der Waals surface area contributed by atoms with Crippen molar-refractivity contribution in [1.29, 1.82) is 0 Å². The lowest BCUT2D eigenvalue weighted by molar-refractivity contribution is 0.358. The second-order valence-corrected chi connectivity index (χ2v) is 8.41. The molecular weight excluding hydrogens is 225 g/mol. The third-order valence-corrected chi connectivity index (χ3v) is 4.72. The van der Waals surface area contributed by atoms with Crippen LogP contribution in [0.1, 0.15) is 39.0 Å². The van der Waals surface area contributed by atoms with Gasteiger partial charge in [0.15, 0.2) is 0 Å². The van der Waals surface area contributed by atoms with E-state index in [1.54, 1.807) is 0 Å². The Hall–Kier alpha value is 0.860. The summed E-state index contributed by atoms with van der Waals surface area (Å²) in [5.41, 5.74) is 0. The number of nitrogens with one attached hydrogen (secondary N) is 1. The van der Waals surface area contributed by atoms with Crippen molar-refractivity contribution >= 4 is 28.8 Å². The minimum Gasteiger partial charge on any atom is -0.327 e. The number of hydrogen-bond donors (Lipinski definition) is 1. The first-order valence-electron chi connectivity index (χ1n) is 4.86. The zero-order valence-electron chi connectivity index (χ0n) is 7.96. The van der Waals surface area contributed by atoms with E-state index in [1.807, 2.05) is 6.92 Å². The molecule has 1 aliphatic carbocycles. The summed E-state index contributed by atoms with van der Waals surface area (Å²) in [5.74, 6) is -2.21. The first-order valence-corrected chi connectivity index (χ1v) is 8.48. The normalized spacial score (nSPS) is 24.2. The van der Waals surface area contributed by atoms with Gasteiger partial charge in [0.05, 0.1) is 6.61 Å². The van der Waals surface area contributed by atoms with Crippen LogP contribution in [0, 0.1) is 0 Å². The van der Waals surface area contributed by atoms with Gasteiger partial charge in [-0.3, -0.25) is 5.09 Å². The van der Waals surface area contributed by atoms with Gasteiger partial charge in [0.1, 0.15) is 0 Å². The van der Waals surface area contributed by atoms with Gasteiger partial charge in [-0.1, -0.05) is 19.3 Å². The minimum absolute atomic E-state index is 0.489. The predicted molar refractivity (Wildman–Crippen MR) is 61.8 cm³/mol. The fourth-order valence-corrected chi connectivity index (χ4v) is 4.22. The average Bonchev–Trinajstić information content (AvgIpc) is 2.04. The van der Waals surface area contributed by atoms with Gasteiger partial charge in [-0.15, -0.1) is 0 Å². The van der Waals surface area contributed by atoms with Crippen molar-refractivity contribution < 1.29 is 4.52 Å². The monoisotopic (exact) mass is 241 g/mol. The van der Waals surface area contributed by atoms with Gasteiger partial charge in [0.25, 0.3) is 0 Å². The van der Waals surface area contributed by atoms with Gasteiger partial charge in [0, 0.05) is 6.04 Å². The Morgan fingerprint density at radius 2 is 2.08 bits per heavy atom. The topological polar surface area (TPSA) is 21.3 Å². The van der Waals surface area contributed by atoms with Crippen LogP contribution in [0.2, 0.25) is 0 Å². The van der Waals surface area contributed by atoms with Gasteiger partial charge in [-0.2, -0.15) is 0 Å². The second kappa shape index (κ2) is 5.67. The van der Waals surface area contributed by atoms with E-state index in [9.17, 15) is 0 Å². The molecule has 0 aromatic rings. The molecule has 0 radical (unpaired) electrons. The van der Waals surface area contributed by atoms with E-state index in [2.05, 4.69) is 5.09 Å². The molecule has 0 amide bonds. The zero-order chi connectivity index (χ0) is 9.73. The summed E-state index contributed by atoms with van der Waals surface area (Å²) >= 11 is 11.2. The number of halogens is 1. The van der Waals surface area contributed by atoms with E-state index in [0.717, 1.165) is 0 Å². The maximum atomic E-state index is 6.06. The third kappa shape index (κ3) is 4.75. The van der Waals surface area contributed by atoms with Crippen LogP contribution in [-0.2, 0) is 16.3 Å². The first-order chi connectivity index (χ1) is 6.14. The molecule has 1 N–H and O–H groups in total. The molecule has 1 atom stereocenters. The van der Waals surface area contributed by atoms with Gasteiger partial charge >= 0.3 is 0 Å². The molecule has 78 valence electrons. The van der Waals surface area contributed by atoms with E-state index < -0.39 is 5.77 Å². The summed E-state index contributed by atoms with van der Waals surface area (Å²) in [7, 11) is 0. The van der Waals surface area contributed by atoms with Gasteiger partial charge in [0.2, 0.25) is 5.77 Å². The minimum atomic E-state index is -2.21. The molecule has 0 spiro atoms. The van der Waals surface area contributed by atoms with Crippen molar-refractivity contribution in [1.82, 2.24) is 5.09 Å². The molecule has 13 heavy (non-hydrogen) atoms. The summed E-state index contributed by atoms with van der Waals surface area (Å²) in [6.07, 6.45) is 6.31. The lowest BCUT2D eigenvalue weighted by atomic mass is 9.96. The Bertz CT molecular complexity index is 197. The molecule has 0 aromatic carbocycles. The Morgan fingerprint density at radius 1 is 1.46 bits per heavy atom. The van der Waals surface area contributed by atoms with Crippen LogP contribution in [0.5, 0.6) is 0 Å². The maximum absolute atomic E-state index is 6.06. The average molecular weight is 242 g/mol. The SMILES string of the molecule is CCOP(=S)(Cl)NC1CCCCC1. The molecule has 5 heteroatoms. The molecule has 0 heterocycles. The Labute approximate surface area is 90.3 Å². The molecule has 1 fully saturated rings. The van der Waals surface area contributed by atoms with E-state index in [4.69, 9.17) is 27.6 Å². The highest BCUT2D eigenvalue weighted by molar-refractivity contribution is 8.23. The smallest absolute Gasteiger partial charge is 0.219 e. The van der Waals surface area contributed by atoms with Crippen LogP contribution < -0.4 is 5.09 Å². The third-order valence-electron chi connectivity index (χ3n) is 2.24. The van der Waals surface area contributed by atoms with E-state index in [0.29, 0.717) is 12.6 Å². The van der Waals surface area contributed by atoms with Crippen molar-refractivity contribution in [2.24, 2.45) is 0 Å². The summed E-state index contributed by atoms with van der Waals surface area (Å²) < 4.78 is 5.31. The largest absolute Gasteiger partial charge is 0.327 e. The molecular formula is C8H17ClNOPS. The fourth-order valence-electron chi connectivity index (χ4n) is 1.65. The standard InChI is InChI=1S/C8H17ClNOPS/c1-2-11-12(9,13)10-8-6-4-3-5-7-8/h8H,2-7H2,1H3,(H,10,13). The van der Waals surface area contributed by atoms with Crippen molar-refractivity contribution in [3.8, 4) is 0 Å². The van der Waals surface area contributed by atoms with Crippen molar-refractivity contribution in [3.05, 3.63) is 0 Å². The molecule has 1 rings (SSSR count). The van der Waals surface area contributed by atoms with Crippen LogP contribution >= 0.6 is 17.0 Å². The molecule has 0 bridgehead atoms. The number of rotatable bonds is 4. The molecule has 1 saturated carbocycles. The van der Waals surface area contributed by atoms with Crippen LogP contribution in [0.4, 0.5) is 0 Å². The molecule has 1 aliphatic rings. The van der Waals surface area contributed by atoms with Crippen LogP contribution in [0.3, 0.4) is 0 Å². The molecule has 1 unspecified atom stereocenters. The van der Waals surface area contributed by atoms with Gasteiger partial charge < -0.3 is 4.52 Å². The van der Waals surface area contributed by atoms with E-state index in [-0.39, 0.29) is 0 Å². The van der Waals surface area contributed by atoms with Crippen LogP contribution in [-0.4, -0.2) is 12.6 Å². The highest BCUT2D eigenvalue weighted by Gasteiger charge is 2.20. The summed E-state index contributed by atoms with van der Waals surface area (Å²) in [6.45, 7) is 2.52. The maximum Gasteiger partial charge on any atom is 0.219 e. The van der Waals surface area contributed by atoms with Gasteiger partial charge in [-0.05, 0) is 42.8 Å². The Morgan fingerprint density at radius 3 is 2.62 bits per heavy atom. The lowest BCUT2D eigenvalue weighted by Crippen LogP contribution is -2.27. The van der Waals surface area contributed by atoms with Crippen molar-refractivity contribution in [2.75, 3.05) is 6.61 Å². The zero-order valence-corrected chi connectivity index (χ0v) is 10.4.